The number of amides is 1. The molecule has 642 valence electrons. The molecule has 0 aliphatic heterocycles. The van der Waals surface area contributed by atoms with Gasteiger partial charge in [-0.25, -0.2) is 94.1 Å². The number of ether oxygens (including phenoxy) is 2. The van der Waals surface area contributed by atoms with E-state index in [2.05, 4.69) is 60.0 Å². The summed E-state index contributed by atoms with van der Waals surface area (Å²) >= 11 is 37.6. The molecule has 0 saturated heterocycles. The summed E-state index contributed by atoms with van der Waals surface area (Å²) in [5.41, 5.74) is -5.78. The Labute approximate surface area is 712 Å². The van der Waals surface area contributed by atoms with E-state index in [1.807, 2.05) is 4.72 Å². The number of carbonyl (C=O) groups is 3. The normalized spacial score (nSPS) is 11.9. The van der Waals surface area contributed by atoms with Gasteiger partial charge in [0, 0.05) is 75.1 Å². The molecular weight excluding hydrogens is 1930 g/mol. The minimum atomic E-state index is -4.95. The van der Waals surface area contributed by atoms with Crippen LogP contribution in [0.2, 0.25) is 30.1 Å². The highest BCUT2D eigenvalue weighted by atomic mass is 79.9. The van der Waals surface area contributed by atoms with Crippen molar-refractivity contribution in [2.24, 2.45) is 0 Å². The number of ketones is 2. The van der Waals surface area contributed by atoms with Crippen LogP contribution < -0.4 is 27.5 Å². The monoisotopic (exact) mass is 1980 g/mol. The average molecular weight is 1990 g/mol. The maximum atomic E-state index is 13.5. The van der Waals surface area contributed by atoms with Gasteiger partial charge in [-0.05, 0) is 125 Å². The number of nitrogens with zero attached hydrogens (tertiary/aromatic N) is 9. The van der Waals surface area contributed by atoms with Crippen molar-refractivity contribution >= 4 is 210 Å². The fraction of sp³-hybridized carbons (Fsp3) is 0.203. The van der Waals surface area contributed by atoms with E-state index >= 15 is 0 Å². The largest absolute Gasteiger partial charge is 0.417 e. The van der Waals surface area contributed by atoms with E-state index in [0.717, 1.165) is 121 Å². The molecule has 0 fully saturated rings. The second-order valence-electron chi connectivity index (χ2n) is 22.7. The van der Waals surface area contributed by atoms with Gasteiger partial charge in [0.15, 0.2) is 0 Å². The van der Waals surface area contributed by atoms with Gasteiger partial charge in [-0.2, -0.15) is 39.5 Å². The summed E-state index contributed by atoms with van der Waals surface area (Å²) in [5.74, 6) is -2.43. The molecule has 118 heavy (non-hydrogen) atoms. The lowest BCUT2D eigenvalue weighted by atomic mass is 10.1. The highest BCUT2D eigenvalue weighted by Crippen LogP contribution is 2.42. The Hall–Kier alpha value is -8.37. The molecule has 0 unspecified atom stereocenters. The molecule has 6 heterocycles. The number of alkyl halides is 9. The molecule has 0 aliphatic carbocycles. The number of pyridine rings is 6. The lowest BCUT2D eigenvalue weighted by Gasteiger charge is -2.25. The van der Waals surface area contributed by atoms with Gasteiger partial charge in [-0.1, -0.05) is 77.0 Å². The molecule has 0 bridgehead atoms. The zero-order valence-electron chi connectivity index (χ0n) is 59.5. The molecule has 0 atom stereocenters. The number of carbonyl (C=O) groups excluding carboxylic acids is 3. The van der Waals surface area contributed by atoms with Gasteiger partial charge in [0.25, 0.3) is 36.0 Å². The third-order valence-corrected chi connectivity index (χ3v) is 22.7. The number of nitrogens with one attached hydrogen (secondary N) is 4. The zero-order valence-corrected chi connectivity index (χ0v) is 71.4. The first kappa shape index (κ1) is 102. The Kier molecular flexibility index (Phi) is 35.7. The number of halogens is 17. The number of hydroxylamine groups is 2. The molecule has 0 spiro atoms. The molecular formula is C64H58BrCl7F9N13O18S6. The van der Waals surface area contributed by atoms with Crippen LogP contribution in [0.4, 0.5) is 74.0 Å². The number of methoxy groups -OCH3 is 2. The lowest BCUT2D eigenvalue weighted by Crippen LogP contribution is -2.34. The fourth-order valence-electron chi connectivity index (χ4n) is 8.94. The van der Waals surface area contributed by atoms with E-state index in [1.165, 1.54) is 64.0 Å². The topological polar surface area (TPSA) is 419 Å². The third-order valence-electron chi connectivity index (χ3n) is 13.9. The zero-order chi connectivity index (χ0) is 87.4. The van der Waals surface area contributed by atoms with Crippen molar-refractivity contribution in [2.75, 3.05) is 88.1 Å². The molecule has 3 aromatic carbocycles. The molecule has 0 aliphatic rings. The summed E-state index contributed by atoms with van der Waals surface area (Å²) in [7, 11) is -19.6. The lowest BCUT2D eigenvalue weighted by molar-refractivity contribution is -0.138. The molecule has 6 aromatic heterocycles. The van der Waals surface area contributed by atoms with Crippen molar-refractivity contribution in [3.63, 3.8) is 0 Å². The number of hydrogen-bond acceptors (Lipinski definition) is 24. The van der Waals surface area contributed by atoms with Gasteiger partial charge in [-0.3, -0.25) is 38.1 Å². The molecule has 9 rings (SSSR count). The van der Waals surface area contributed by atoms with Crippen LogP contribution in [0.15, 0.2) is 166 Å². The minimum Gasteiger partial charge on any atom is -0.363 e. The van der Waals surface area contributed by atoms with E-state index in [9.17, 15) is 104 Å². The Morgan fingerprint density at radius 3 is 1.15 bits per heavy atom. The Bertz CT molecular complexity index is 5960. The van der Waals surface area contributed by atoms with Crippen LogP contribution in [0.5, 0.6) is 0 Å². The summed E-state index contributed by atoms with van der Waals surface area (Å²) in [6.07, 6.45) is -4.96. The van der Waals surface area contributed by atoms with Crippen molar-refractivity contribution in [2.45, 2.75) is 40.6 Å². The highest BCUT2D eigenvalue weighted by Gasteiger charge is 2.40. The number of benzene rings is 3. The number of rotatable bonds is 25. The van der Waals surface area contributed by atoms with Crippen LogP contribution in [0.1, 0.15) is 66.6 Å². The van der Waals surface area contributed by atoms with Gasteiger partial charge < -0.3 is 9.47 Å². The molecule has 0 radical (unpaired) electrons. The summed E-state index contributed by atoms with van der Waals surface area (Å²) in [5, 5.41) is -1.06. The number of sulfonamides is 6. The Morgan fingerprint density at radius 1 is 0.441 bits per heavy atom. The van der Waals surface area contributed by atoms with E-state index in [-0.39, 0.29) is 79.3 Å². The summed E-state index contributed by atoms with van der Waals surface area (Å²) in [6.45, 7) is -1.22. The Morgan fingerprint density at radius 2 is 0.771 bits per heavy atom. The van der Waals surface area contributed by atoms with Crippen molar-refractivity contribution in [3.8, 4) is 0 Å². The SMILES string of the molecule is C.COCN(c1cc(Cl)cnc1Br)S(=O)(=O)c1ccc(Cl)c(C(F)(F)F)c1.COCN(c1cc(Cl)cnc1C(=O)c1ccnc(NS(C)(=O)=O)c1)S(=O)(=O)c1ccc(Cl)c(C(F)(F)F)c1.CON(C)C(=O)c1ccnc(NS(C)(=O)=O)c1.CS(=O)(=O)Nc1cc(C(=O)c2ncc(Cl)cc2NS(=O)(=O)c2ccc(Cl)c(C(F)(F)F)c2)ccn1.Cl. The highest BCUT2D eigenvalue weighted by molar-refractivity contribution is 9.10. The summed E-state index contributed by atoms with van der Waals surface area (Å²) < 4.78 is 285. The van der Waals surface area contributed by atoms with E-state index < -0.39 is 179 Å². The molecule has 0 saturated carbocycles. The van der Waals surface area contributed by atoms with Crippen LogP contribution in [-0.2, 0) is 93.0 Å². The first-order valence-corrected chi connectivity index (χ1v) is 43.5. The second kappa shape index (κ2) is 41.3. The van der Waals surface area contributed by atoms with Crippen molar-refractivity contribution in [3.05, 3.63) is 226 Å². The first-order valence-electron chi connectivity index (χ1n) is 30.4. The van der Waals surface area contributed by atoms with Gasteiger partial charge >= 0.3 is 18.5 Å². The third kappa shape index (κ3) is 28.4. The Balaban J connectivity index is 0.000000341. The van der Waals surface area contributed by atoms with E-state index in [1.54, 1.807) is 0 Å². The quantitative estimate of drug-likeness (QED) is 0.0136. The van der Waals surface area contributed by atoms with Crippen LogP contribution in [-0.4, -0.2) is 164 Å². The van der Waals surface area contributed by atoms with E-state index in [0.29, 0.717) is 22.5 Å². The maximum absolute atomic E-state index is 13.5. The predicted molar refractivity (Wildman–Crippen MR) is 427 cm³/mol. The van der Waals surface area contributed by atoms with Crippen LogP contribution in [0.25, 0.3) is 0 Å². The van der Waals surface area contributed by atoms with Gasteiger partial charge in [0.05, 0.1) is 104 Å². The molecule has 54 heteroatoms. The number of anilines is 6. The van der Waals surface area contributed by atoms with Crippen molar-refractivity contribution < 1.29 is 119 Å². The van der Waals surface area contributed by atoms with Crippen LogP contribution >= 0.6 is 97.9 Å². The van der Waals surface area contributed by atoms with Crippen molar-refractivity contribution in [1.82, 2.24) is 35.0 Å². The average Bonchev–Trinajstić information content (AvgIpc) is 0.773. The summed E-state index contributed by atoms with van der Waals surface area (Å²) in [4.78, 5) is 63.7. The predicted octanol–water partition coefficient (Wildman–Crippen LogP) is 14.5. The van der Waals surface area contributed by atoms with Crippen LogP contribution in [0.3, 0.4) is 0 Å². The number of hydrogen-bond donors (Lipinski definition) is 4. The molecule has 9 aromatic rings. The summed E-state index contributed by atoms with van der Waals surface area (Å²) in [6, 6.07) is 17.1. The van der Waals surface area contributed by atoms with Crippen LogP contribution in [0, 0.1) is 0 Å². The standard InChI is InChI=1S/C21H17Cl2F3N4O6S2.C19H13Cl2F3N4O5S2.C14H10BrCl2F3N2O3S.C9H13N3O4S.CH4.ClH/c1-36-11-30(38(34,35)14-3-4-16(23)15(9-14)21(24,25)26)17-8-13(22)10-28-19(17)20(31)12-5-6-27-18(7-12)29-37(2,32)33;1-34(30,31)28-16-6-10(4-5-25-16)18(29)17-15(7-11(20)9-26-17)27-35(32,33)12-2-3-14(21)13(8-12)19(22,23)24;1-25-7-22(12-4-8(16)6-21-13(12)15)26(23,24)9-2-3-11(17)10(5-9)14(18,19)20;1-12(16-2)9(13)7-4-5-10-8(6-7)11-17(3,14)15;;/h3-10H,11H2,1-2H3,(H,27,29);2-9,27H,1H3,(H,25,28);2-6H,7H2,1H3;4-6H,1-3H3,(H,10,11);1H4;1H. The first-order chi connectivity index (χ1) is 53.4. The smallest absolute Gasteiger partial charge is 0.363 e. The minimum absolute atomic E-state index is 0. The molecule has 31 nitrogen and oxygen atoms in total. The van der Waals surface area contributed by atoms with Gasteiger partial charge in [0.1, 0.15) is 46.9 Å². The van der Waals surface area contributed by atoms with E-state index in [4.69, 9.17) is 83.9 Å². The maximum Gasteiger partial charge on any atom is 0.417 e. The van der Waals surface area contributed by atoms with Crippen molar-refractivity contribution in [1.29, 1.82) is 0 Å². The fourth-order valence-corrected chi connectivity index (χ4v) is 16.0. The molecule has 4 N–H and O–H groups in total. The van der Waals surface area contributed by atoms with Gasteiger partial charge in [-0.15, -0.1) is 12.4 Å². The van der Waals surface area contributed by atoms with Gasteiger partial charge in [0.2, 0.25) is 41.6 Å². The molecule has 1 amide bonds. The second-order valence-corrected chi connectivity index (χ2v) is 36.6. The number of aromatic nitrogens is 6.